The molecule has 25 heavy (non-hydrogen) atoms. The summed E-state index contributed by atoms with van der Waals surface area (Å²) < 4.78 is 1.51. The van der Waals surface area contributed by atoms with E-state index in [9.17, 15) is 9.59 Å². The minimum atomic E-state index is -0.222. The minimum Gasteiger partial charge on any atom is -0.347 e. The first kappa shape index (κ1) is 16.7. The van der Waals surface area contributed by atoms with E-state index < -0.39 is 0 Å². The third kappa shape index (κ3) is 3.52. The van der Waals surface area contributed by atoms with Gasteiger partial charge in [0.05, 0.1) is 0 Å². The van der Waals surface area contributed by atoms with Crippen LogP contribution in [-0.4, -0.2) is 40.6 Å². The van der Waals surface area contributed by atoms with Crippen LogP contribution in [0.15, 0.2) is 48.7 Å². The van der Waals surface area contributed by atoms with E-state index in [0.29, 0.717) is 11.4 Å². The van der Waals surface area contributed by atoms with Gasteiger partial charge in [0.1, 0.15) is 6.54 Å². The molecule has 6 nitrogen and oxygen atoms in total. The second-order valence-corrected chi connectivity index (χ2v) is 6.12. The van der Waals surface area contributed by atoms with E-state index in [2.05, 4.69) is 10.4 Å². The van der Waals surface area contributed by atoms with Crippen LogP contribution in [0.3, 0.4) is 0 Å². The molecule has 0 saturated carbocycles. The van der Waals surface area contributed by atoms with Crippen LogP contribution in [0.4, 0.5) is 5.82 Å². The summed E-state index contributed by atoms with van der Waals surface area (Å²) in [6.45, 7) is 2.16. The molecule has 0 aliphatic heterocycles. The fourth-order valence-electron chi connectivity index (χ4n) is 2.63. The van der Waals surface area contributed by atoms with Crippen LogP contribution in [0.5, 0.6) is 0 Å². The standard InChI is InChI=1S/C19H20N4O2/c1-13-8-9-16(15-7-5-4-6-14(13)15)19(25)20-17-10-11-23(21-17)12-18(24)22(2)3/h4-11H,12H2,1-3H3,(H,20,21,25). The fraction of sp³-hybridized carbons (Fsp3) is 0.211. The van der Waals surface area contributed by atoms with Gasteiger partial charge in [-0.25, -0.2) is 0 Å². The molecule has 0 bridgehead atoms. The van der Waals surface area contributed by atoms with Gasteiger partial charge in [-0.2, -0.15) is 5.10 Å². The average Bonchev–Trinajstić information content (AvgIpc) is 3.02. The molecule has 1 aromatic heterocycles. The summed E-state index contributed by atoms with van der Waals surface area (Å²) in [5, 5.41) is 8.99. The Morgan fingerprint density at radius 2 is 1.80 bits per heavy atom. The SMILES string of the molecule is Cc1ccc(C(=O)Nc2ccn(CC(=O)N(C)C)n2)c2ccccc12. The summed E-state index contributed by atoms with van der Waals surface area (Å²) in [5.41, 5.74) is 1.72. The number of rotatable bonds is 4. The van der Waals surface area contributed by atoms with Crippen LogP contribution in [0, 0.1) is 6.92 Å². The lowest BCUT2D eigenvalue weighted by molar-refractivity contribution is -0.129. The first-order valence-corrected chi connectivity index (χ1v) is 7.99. The number of hydrogen-bond donors (Lipinski definition) is 1. The number of likely N-dealkylation sites (N-methyl/N-ethyl adjacent to an activating group) is 1. The van der Waals surface area contributed by atoms with Gasteiger partial charge >= 0.3 is 0 Å². The zero-order chi connectivity index (χ0) is 18.0. The third-order valence-electron chi connectivity index (χ3n) is 4.07. The summed E-state index contributed by atoms with van der Waals surface area (Å²) >= 11 is 0. The Morgan fingerprint density at radius 1 is 1.08 bits per heavy atom. The highest BCUT2D eigenvalue weighted by Gasteiger charge is 2.13. The molecular weight excluding hydrogens is 316 g/mol. The lowest BCUT2D eigenvalue weighted by atomic mass is 10.00. The number of carbonyl (C=O) groups is 2. The Morgan fingerprint density at radius 3 is 2.52 bits per heavy atom. The number of anilines is 1. The van der Waals surface area contributed by atoms with Crippen molar-refractivity contribution in [2.45, 2.75) is 13.5 Å². The van der Waals surface area contributed by atoms with Gasteiger partial charge in [-0.05, 0) is 29.3 Å². The number of fused-ring (bicyclic) bond motifs is 1. The molecule has 0 radical (unpaired) electrons. The molecule has 1 N–H and O–H groups in total. The van der Waals surface area contributed by atoms with Crippen molar-refractivity contribution in [3.05, 3.63) is 59.8 Å². The topological polar surface area (TPSA) is 67.2 Å². The minimum absolute atomic E-state index is 0.0643. The van der Waals surface area contributed by atoms with Crippen molar-refractivity contribution >= 4 is 28.4 Å². The summed E-state index contributed by atoms with van der Waals surface area (Å²) in [6, 6.07) is 13.2. The summed E-state index contributed by atoms with van der Waals surface area (Å²) in [5.74, 6) is 0.132. The van der Waals surface area contributed by atoms with Crippen molar-refractivity contribution < 1.29 is 9.59 Å². The van der Waals surface area contributed by atoms with Crippen molar-refractivity contribution in [3.63, 3.8) is 0 Å². The monoisotopic (exact) mass is 336 g/mol. The molecule has 0 atom stereocenters. The molecule has 2 aromatic carbocycles. The van der Waals surface area contributed by atoms with Crippen LogP contribution in [0.2, 0.25) is 0 Å². The highest BCUT2D eigenvalue weighted by molar-refractivity contribution is 6.13. The van der Waals surface area contributed by atoms with E-state index >= 15 is 0 Å². The van der Waals surface area contributed by atoms with Gasteiger partial charge in [-0.3, -0.25) is 14.3 Å². The highest BCUT2D eigenvalue weighted by Crippen LogP contribution is 2.23. The van der Waals surface area contributed by atoms with Crippen molar-refractivity contribution in [2.24, 2.45) is 0 Å². The average molecular weight is 336 g/mol. The largest absolute Gasteiger partial charge is 0.347 e. The van der Waals surface area contributed by atoms with Crippen LogP contribution in [-0.2, 0) is 11.3 Å². The van der Waals surface area contributed by atoms with Crippen molar-refractivity contribution in [1.29, 1.82) is 0 Å². The molecule has 2 amide bonds. The number of hydrogen-bond acceptors (Lipinski definition) is 3. The van der Waals surface area contributed by atoms with E-state index in [1.807, 2.05) is 43.3 Å². The third-order valence-corrected chi connectivity index (χ3v) is 4.07. The first-order valence-electron chi connectivity index (χ1n) is 7.99. The molecular formula is C19H20N4O2. The van der Waals surface area contributed by atoms with Gasteiger partial charge in [0.2, 0.25) is 5.91 Å². The van der Waals surface area contributed by atoms with Crippen LogP contribution < -0.4 is 5.32 Å². The number of nitrogens with one attached hydrogen (secondary N) is 1. The molecule has 0 unspecified atom stereocenters. The zero-order valence-corrected chi connectivity index (χ0v) is 14.5. The predicted octanol–water partition coefficient (Wildman–Crippen LogP) is 2.69. The van der Waals surface area contributed by atoms with Gasteiger partial charge in [0, 0.05) is 31.9 Å². The van der Waals surface area contributed by atoms with E-state index in [1.54, 1.807) is 26.4 Å². The number of nitrogens with zero attached hydrogens (tertiary/aromatic N) is 3. The van der Waals surface area contributed by atoms with Gasteiger partial charge in [0.25, 0.3) is 5.91 Å². The van der Waals surface area contributed by atoms with Crippen LogP contribution >= 0.6 is 0 Å². The fourth-order valence-corrected chi connectivity index (χ4v) is 2.63. The Bertz CT molecular complexity index is 944. The van der Waals surface area contributed by atoms with Gasteiger partial charge < -0.3 is 10.2 Å². The lowest BCUT2D eigenvalue weighted by Crippen LogP contribution is -2.26. The van der Waals surface area contributed by atoms with E-state index in [4.69, 9.17) is 0 Å². The molecule has 0 spiro atoms. The maximum atomic E-state index is 12.6. The molecule has 0 aliphatic rings. The number of amides is 2. The number of aryl methyl sites for hydroxylation is 1. The van der Waals surface area contributed by atoms with Crippen LogP contribution in [0.1, 0.15) is 15.9 Å². The summed E-state index contributed by atoms with van der Waals surface area (Å²) in [4.78, 5) is 25.9. The van der Waals surface area contributed by atoms with E-state index in [-0.39, 0.29) is 18.4 Å². The Labute approximate surface area is 146 Å². The normalized spacial score (nSPS) is 10.7. The van der Waals surface area contributed by atoms with Crippen molar-refractivity contribution in [2.75, 3.05) is 19.4 Å². The Kier molecular flexibility index (Phi) is 4.52. The molecule has 0 fully saturated rings. The van der Waals surface area contributed by atoms with E-state index in [1.165, 1.54) is 9.58 Å². The van der Waals surface area contributed by atoms with Gasteiger partial charge in [-0.1, -0.05) is 30.3 Å². The smallest absolute Gasteiger partial charge is 0.257 e. The predicted molar refractivity (Wildman–Crippen MR) is 97.6 cm³/mol. The summed E-state index contributed by atoms with van der Waals surface area (Å²) in [6.07, 6.45) is 1.67. The lowest BCUT2D eigenvalue weighted by Gasteiger charge is -2.10. The molecule has 3 rings (SSSR count). The molecule has 6 heteroatoms. The molecule has 0 aliphatic carbocycles. The quantitative estimate of drug-likeness (QED) is 0.796. The first-order chi connectivity index (χ1) is 12.0. The van der Waals surface area contributed by atoms with Crippen LogP contribution in [0.25, 0.3) is 10.8 Å². The number of carbonyl (C=O) groups excluding carboxylic acids is 2. The van der Waals surface area contributed by atoms with E-state index in [0.717, 1.165) is 16.3 Å². The Balaban J connectivity index is 1.81. The molecule has 128 valence electrons. The van der Waals surface area contributed by atoms with Crippen molar-refractivity contribution in [1.82, 2.24) is 14.7 Å². The maximum absolute atomic E-state index is 12.6. The highest BCUT2D eigenvalue weighted by atomic mass is 16.2. The van der Waals surface area contributed by atoms with Crippen molar-refractivity contribution in [3.8, 4) is 0 Å². The number of aromatic nitrogens is 2. The second kappa shape index (κ2) is 6.76. The zero-order valence-electron chi connectivity index (χ0n) is 14.5. The number of benzene rings is 2. The van der Waals surface area contributed by atoms with Gasteiger partial charge in [-0.15, -0.1) is 0 Å². The molecule has 3 aromatic rings. The maximum Gasteiger partial charge on any atom is 0.257 e. The van der Waals surface area contributed by atoms with Gasteiger partial charge in [0.15, 0.2) is 5.82 Å². The Hall–Kier alpha value is -3.15. The second-order valence-electron chi connectivity index (χ2n) is 6.12. The molecule has 0 saturated heterocycles. The molecule has 1 heterocycles. The summed E-state index contributed by atoms with van der Waals surface area (Å²) in [7, 11) is 3.38.